The lowest BCUT2D eigenvalue weighted by Gasteiger charge is -1.93. The third kappa shape index (κ3) is 2.51. The van der Waals surface area contributed by atoms with Crippen LogP contribution in [0.1, 0.15) is 22.7 Å². The molecule has 0 saturated heterocycles. The average molecular weight is 236 g/mol. The fraction of sp³-hybridized carbons (Fsp3) is 0.417. The summed E-state index contributed by atoms with van der Waals surface area (Å²) in [5.74, 6) is 0.860. The van der Waals surface area contributed by atoms with Gasteiger partial charge in [0.25, 0.3) is 0 Å². The zero-order chi connectivity index (χ0) is 11.4. The van der Waals surface area contributed by atoms with E-state index in [-0.39, 0.29) is 0 Å². The Balaban J connectivity index is 2.10. The van der Waals surface area contributed by atoms with Gasteiger partial charge in [-0.2, -0.15) is 0 Å². The molecule has 0 bridgehead atoms. The van der Waals surface area contributed by atoms with Crippen LogP contribution < -0.4 is 5.73 Å². The van der Waals surface area contributed by atoms with Crippen molar-refractivity contribution in [2.24, 2.45) is 5.73 Å². The Bertz CT molecular complexity index is 434. The van der Waals surface area contributed by atoms with Crippen LogP contribution in [0.15, 0.2) is 22.8 Å². The highest BCUT2D eigenvalue weighted by Crippen LogP contribution is 2.28. The third-order valence-electron chi connectivity index (χ3n) is 2.44. The smallest absolute Gasteiger partial charge is 0.153 e. The second-order valence-electron chi connectivity index (χ2n) is 3.74. The third-order valence-corrected chi connectivity index (χ3v) is 3.47. The maximum atomic E-state index is 5.47. The number of thiazole rings is 1. The van der Waals surface area contributed by atoms with Crippen molar-refractivity contribution in [3.63, 3.8) is 0 Å². The van der Waals surface area contributed by atoms with Crippen molar-refractivity contribution in [1.29, 1.82) is 0 Å². The van der Waals surface area contributed by atoms with E-state index in [2.05, 4.69) is 11.9 Å². The number of nitrogens with zero attached hydrogens (tertiary/aromatic N) is 1. The molecule has 0 fully saturated rings. The van der Waals surface area contributed by atoms with E-state index in [0.29, 0.717) is 0 Å². The van der Waals surface area contributed by atoms with Crippen LogP contribution in [-0.4, -0.2) is 11.5 Å². The Morgan fingerprint density at radius 1 is 1.44 bits per heavy atom. The summed E-state index contributed by atoms with van der Waals surface area (Å²) in [4.78, 5) is 5.83. The van der Waals surface area contributed by atoms with Crippen LogP contribution >= 0.6 is 11.3 Å². The van der Waals surface area contributed by atoms with E-state index in [1.165, 1.54) is 9.88 Å². The van der Waals surface area contributed by atoms with E-state index in [4.69, 9.17) is 10.2 Å². The molecule has 0 saturated carbocycles. The summed E-state index contributed by atoms with van der Waals surface area (Å²) in [6, 6.07) is 3.84. The van der Waals surface area contributed by atoms with Crippen LogP contribution in [0.3, 0.4) is 0 Å². The molecule has 2 heterocycles. The summed E-state index contributed by atoms with van der Waals surface area (Å²) in [5.41, 5.74) is 6.46. The van der Waals surface area contributed by atoms with Crippen molar-refractivity contribution in [3.05, 3.63) is 28.3 Å². The summed E-state index contributed by atoms with van der Waals surface area (Å²) in [6.07, 6.45) is 4.88. The topological polar surface area (TPSA) is 52.0 Å². The van der Waals surface area contributed by atoms with Crippen LogP contribution in [0, 0.1) is 6.92 Å². The van der Waals surface area contributed by atoms with Crippen molar-refractivity contribution < 1.29 is 4.42 Å². The van der Waals surface area contributed by atoms with Gasteiger partial charge in [0.1, 0.15) is 5.69 Å². The molecule has 0 aliphatic rings. The zero-order valence-corrected chi connectivity index (χ0v) is 10.2. The molecule has 0 unspecified atom stereocenters. The SMILES string of the molecule is Cc1sc(CCCCN)nc1-c1ccco1. The van der Waals surface area contributed by atoms with Gasteiger partial charge < -0.3 is 10.2 Å². The van der Waals surface area contributed by atoms with Crippen LogP contribution in [-0.2, 0) is 6.42 Å². The van der Waals surface area contributed by atoms with E-state index in [9.17, 15) is 0 Å². The number of unbranched alkanes of at least 4 members (excludes halogenated alkanes) is 1. The highest BCUT2D eigenvalue weighted by Gasteiger charge is 2.11. The number of hydrogen-bond donors (Lipinski definition) is 1. The van der Waals surface area contributed by atoms with Gasteiger partial charge in [0.2, 0.25) is 0 Å². The molecule has 0 aliphatic carbocycles. The molecule has 3 nitrogen and oxygen atoms in total. The molecule has 2 rings (SSSR count). The number of furan rings is 1. The highest BCUT2D eigenvalue weighted by atomic mass is 32.1. The first-order valence-corrected chi connectivity index (χ1v) is 6.33. The first kappa shape index (κ1) is 11.4. The standard InChI is InChI=1S/C12H16N2OS/c1-9-12(10-5-4-8-15-10)14-11(16-9)6-2-3-7-13/h4-5,8H,2-3,6-7,13H2,1H3. The van der Waals surface area contributed by atoms with Gasteiger partial charge in [-0.05, 0) is 44.9 Å². The van der Waals surface area contributed by atoms with Crippen LogP contribution in [0.4, 0.5) is 0 Å². The van der Waals surface area contributed by atoms with Gasteiger partial charge in [0.15, 0.2) is 5.76 Å². The summed E-state index contributed by atoms with van der Waals surface area (Å²) >= 11 is 1.75. The molecule has 0 aliphatic heterocycles. The predicted molar refractivity (Wildman–Crippen MR) is 66.5 cm³/mol. The average Bonchev–Trinajstić information content (AvgIpc) is 2.87. The Morgan fingerprint density at radius 3 is 3.00 bits per heavy atom. The van der Waals surface area contributed by atoms with Gasteiger partial charge in [-0.15, -0.1) is 11.3 Å². The fourth-order valence-electron chi connectivity index (χ4n) is 1.62. The van der Waals surface area contributed by atoms with Gasteiger partial charge in [0.05, 0.1) is 11.3 Å². The zero-order valence-electron chi connectivity index (χ0n) is 9.40. The lowest BCUT2D eigenvalue weighted by Crippen LogP contribution is -1.98. The lowest BCUT2D eigenvalue weighted by molar-refractivity contribution is 0.579. The van der Waals surface area contributed by atoms with E-state index in [1.807, 2.05) is 12.1 Å². The Labute approximate surface area is 99.3 Å². The molecule has 0 radical (unpaired) electrons. The molecule has 2 aromatic rings. The maximum Gasteiger partial charge on any atom is 0.153 e. The largest absolute Gasteiger partial charge is 0.463 e. The Morgan fingerprint density at radius 2 is 2.31 bits per heavy atom. The summed E-state index contributed by atoms with van der Waals surface area (Å²) in [6.45, 7) is 2.84. The minimum Gasteiger partial charge on any atom is -0.463 e. The van der Waals surface area contributed by atoms with Gasteiger partial charge in [0, 0.05) is 4.88 Å². The minimum absolute atomic E-state index is 0.759. The Hall–Kier alpha value is -1.13. The number of nitrogens with two attached hydrogens (primary N) is 1. The minimum atomic E-state index is 0.759. The molecular formula is C12H16N2OS. The van der Waals surface area contributed by atoms with Gasteiger partial charge in [-0.25, -0.2) is 4.98 Å². The van der Waals surface area contributed by atoms with E-state index in [1.54, 1.807) is 17.6 Å². The van der Waals surface area contributed by atoms with E-state index >= 15 is 0 Å². The highest BCUT2D eigenvalue weighted by molar-refractivity contribution is 7.12. The Kier molecular flexibility index (Phi) is 3.74. The normalized spacial score (nSPS) is 10.9. The van der Waals surface area contributed by atoms with Crippen molar-refractivity contribution in [2.45, 2.75) is 26.2 Å². The number of aromatic nitrogens is 1. The predicted octanol–water partition coefficient (Wildman–Crippen LogP) is 2.99. The molecular weight excluding hydrogens is 220 g/mol. The second-order valence-corrected chi connectivity index (χ2v) is 5.02. The van der Waals surface area contributed by atoms with Crippen molar-refractivity contribution >= 4 is 11.3 Å². The quantitative estimate of drug-likeness (QED) is 0.812. The van der Waals surface area contributed by atoms with Gasteiger partial charge >= 0.3 is 0 Å². The van der Waals surface area contributed by atoms with Gasteiger partial charge in [-0.1, -0.05) is 0 Å². The molecule has 4 heteroatoms. The molecule has 86 valence electrons. The molecule has 0 spiro atoms. The lowest BCUT2D eigenvalue weighted by atomic mass is 10.2. The molecule has 0 amide bonds. The fourth-order valence-corrected chi connectivity index (χ4v) is 2.60. The summed E-state index contributed by atoms with van der Waals surface area (Å²) in [5, 5.41) is 1.18. The number of rotatable bonds is 5. The van der Waals surface area contributed by atoms with Gasteiger partial charge in [-0.3, -0.25) is 0 Å². The molecule has 2 aromatic heterocycles. The second kappa shape index (κ2) is 5.27. The van der Waals surface area contributed by atoms with Crippen molar-refractivity contribution in [2.75, 3.05) is 6.54 Å². The first-order valence-electron chi connectivity index (χ1n) is 5.51. The number of aryl methyl sites for hydroxylation is 2. The molecule has 0 atom stereocenters. The van der Waals surface area contributed by atoms with Crippen molar-refractivity contribution in [3.8, 4) is 11.5 Å². The first-order chi connectivity index (χ1) is 7.81. The molecule has 16 heavy (non-hydrogen) atoms. The van der Waals surface area contributed by atoms with E-state index in [0.717, 1.165) is 37.3 Å². The molecule has 2 N–H and O–H groups in total. The molecule has 0 aromatic carbocycles. The van der Waals surface area contributed by atoms with Crippen LogP contribution in [0.25, 0.3) is 11.5 Å². The van der Waals surface area contributed by atoms with Crippen molar-refractivity contribution in [1.82, 2.24) is 4.98 Å². The van der Waals surface area contributed by atoms with Crippen LogP contribution in [0.5, 0.6) is 0 Å². The summed E-state index contributed by atoms with van der Waals surface area (Å²) in [7, 11) is 0. The monoisotopic (exact) mass is 236 g/mol. The van der Waals surface area contributed by atoms with Crippen LogP contribution in [0.2, 0.25) is 0 Å². The maximum absolute atomic E-state index is 5.47. The van der Waals surface area contributed by atoms with E-state index < -0.39 is 0 Å². The summed E-state index contributed by atoms with van der Waals surface area (Å²) < 4.78 is 5.36. The number of hydrogen-bond acceptors (Lipinski definition) is 4.